The minimum absolute atomic E-state index is 0.146. The van der Waals surface area contributed by atoms with Crippen LogP contribution in [0.25, 0.3) is 11.0 Å². The third-order valence-corrected chi connectivity index (χ3v) is 5.57. The first-order valence-corrected chi connectivity index (χ1v) is 10.7. The first-order chi connectivity index (χ1) is 15.4. The largest absolute Gasteiger partial charge is 0.494 e. The lowest BCUT2D eigenvalue weighted by molar-refractivity contribution is -0.117. The molecule has 8 heteroatoms. The topological polar surface area (TPSA) is 75.0 Å². The van der Waals surface area contributed by atoms with Crippen LogP contribution in [0.15, 0.2) is 46.9 Å². The fourth-order valence-corrected chi connectivity index (χ4v) is 3.85. The Hall–Kier alpha value is -3.39. The van der Waals surface area contributed by atoms with E-state index < -0.39 is 0 Å². The molecular weight excluding hydrogens is 413 g/mol. The van der Waals surface area contributed by atoms with Crippen LogP contribution in [0, 0.1) is 12.7 Å². The van der Waals surface area contributed by atoms with Crippen molar-refractivity contribution in [2.45, 2.75) is 13.8 Å². The van der Waals surface area contributed by atoms with E-state index in [-0.39, 0.29) is 24.2 Å². The van der Waals surface area contributed by atoms with Gasteiger partial charge in [-0.05, 0) is 56.3 Å². The minimum Gasteiger partial charge on any atom is -0.494 e. The Labute approximate surface area is 185 Å². The average molecular weight is 439 g/mol. The van der Waals surface area contributed by atoms with E-state index in [0.29, 0.717) is 49.8 Å². The molecule has 0 aliphatic carbocycles. The molecule has 0 unspecified atom stereocenters. The average Bonchev–Trinajstić information content (AvgIpc) is 3.11. The molecule has 1 aliphatic rings. The summed E-state index contributed by atoms with van der Waals surface area (Å²) in [5.41, 5.74) is 2.01. The van der Waals surface area contributed by atoms with Crippen LogP contribution in [-0.4, -0.2) is 60.9 Å². The maximum atomic E-state index is 13.1. The Morgan fingerprint density at radius 2 is 1.81 bits per heavy atom. The summed E-state index contributed by atoms with van der Waals surface area (Å²) in [5.74, 6) is 0.423. The zero-order valence-corrected chi connectivity index (χ0v) is 18.2. The van der Waals surface area contributed by atoms with Gasteiger partial charge in [0, 0.05) is 42.8 Å². The first-order valence-electron chi connectivity index (χ1n) is 10.7. The van der Waals surface area contributed by atoms with Crippen LogP contribution in [-0.2, 0) is 4.79 Å². The van der Waals surface area contributed by atoms with Crippen molar-refractivity contribution in [3.05, 3.63) is 59.6 Å². The van der Waals surface area contributed by atoms with E-state index in [4.69, 9.17) is 9.15 Å². The Morgan fingerprint density at radius 3 is 2.50 bits per heavy atom. The van der Waals surface area contributed by atoms with Crippen LogP contribution in [0.3, 0.4) is 0 Å². The second-order valence-corrected chi connectivity index (χ2v) is 7.77. The Bertz CT molecular complexity index is 1120. The number of anilines is 1. The summed E-state index contributed by atoms with van der Waals surface area (Å²) in [6, 6.07) is 11.2. The smallest absolute Gasteiger partial charge is 0.289 e. The number of carbonyl (C=O) groups is 2. The quantitative estimate of drug-likeness (QED) is 0.634. The van der Waals surface area contributed by atoms with Gasteiger partial charge in [0.25, 0.3) is 5.91 Å². The summed E-state index contributed by atoms with van der Waals surface area (Å²) < 4.78 is 24.4. The van der Waals surface area contributed by atoms with Gasteiger partial charge in [0.2, 0.25) is 5.91 Å². The molecule has 3 aromatic rings. The zero-order chi connectivity index (χ0) is 22.7. The molecule has 0 spiro atoms. The maximum Gasteiger partial charge on any atom is 0.289 e. The highest BCUT2D eigenvalue weighted by Gasteiger charge is 2.27. The van der Waals surface area contributed by atoms with Crippen molar-refractivity contribution >= 4 is 28.5 Å². The third-order valence-electron chi connectivity index (χ3n) is 5.57. The molecule has 0 radical (unpaired) electrons. The van der Waals surface area contributed by atoms with Crippen molar-refractivity contribution in [1.29, 1.82) is 0 Å². The van der Waals surface area contributed by atoms with Crippen LogP contribution in [0.5, 0.6) is 5.75 Å². The molecule has 32 heavy (non-hydrogen) atoms. The molecule has 1 aromatic heterocycles. The summed E-state index contributed by atoms with van der Waals surface area (Å²) in [5, 5.41) is 3.63. The van der Waals surface area contributed by atoms with Gasteiger partial charge in [0.15, 0.2) is 5.76 Å². The number of benzene rings is 2. The molecule has 0 saturated carbocycles. The second kappa shape index (κ2) is 9.40. The Balaban J connectivity index is 1.34. The highest BCUT2D eigenvalue weighted by Crippen LogP contribution is 2.30. The number of furan rings is 1. The summed E-state index contributed by atoms with van der Waals surface area (Å²) in [7, 11) is 0. The molecule has 168 valence electrons. The molecule has 2 aromatic carbocycles. The fraction of sp³-hybridized carbons (Fsp3) is 0.333. The summed E-state index contributed by atoms with van der Waals surface area (Å²) in [4.78, 5) is 29.1. The third kappa shape index (κ3) is 4.75. The number of nitrogens with one attached hydrogen (secondary N) is 1. The molecule has 1 aliphatic heterocycles. The van der Waals surface area contributed by atoms with Gasteiger partial charge in [0.1, 0.15) is 17.1 Å². The predicted molar refractivity (Wildman–Crippen MR) is 119 cm³/mol. The number of nitrogens with zero attached hydrogens (tertiary/aromatic N) is 2. The van der Waals surface area contributed by atoms with Crippen LogP contribution in [0.2, 0.25) is 0 Å². The van der Waals surface area contributed by atoms with Gasteiger partial charge in [-0.2, -0.15) is 0 Å². The predicted octanol–water partition coefficient (Wildman–Crippen LogP) is 3.68. The normalized spacial score (nSPS) is 14.5. The molecular formula is C24H26FN3O4. The number of ether oxygens (including phenoxy) is 1. The SMILES string of the molecule is CCOc1ccc2oc(C(=O)N3CCN(CC(=O)Nc4ccc(F)cc4)CC3)c(C)c2c1. The van der Waals surface area contributed by atoms with Gasteiger partial charge in [0.05, 0.1) is 13.2 Å². The lowest BCUT2D eigenvalue weighted by Gasteiger charge is -2.33. The molecule has 2 amide bonds. The van der Waals surface area contributed by atoms with Crippen molar-refractivity contribution < 1.29 is 23.1 Å². The fourth-order valence-electron chi connectivity index (χ4n) is 3.85. The minimum atomic E-state index is -0.349. The van der Waals surface area contributed by atoms with Crippen molar-refractivity contribution in [1.82, 2.24) is 9.80 Å². The lowest BCUT2D eigenvalue weighted by atomic mass is 10.1. The van der Waals surface area contributed by atoms with E-state index in [1.807, 2.05) is 36.9 Å². The van der Waals surface area contributed by atoms with Gasteiger partial charge in [-0.15, -0.1) is 0 Å². The van der Waals surface area contributed by atoms with Crippen molar-refractivity contribution in [2.24, 2.45) is 0 Å². The molecule has 1 saturated heterocycles. The molecule has 0 bridgehead atoms. The monoisotopic (exact) mass is 439 g/mol. The highest BCUT2D eigenvalue weighted by atomic mass is 19.1. The lowest BCUT2D eigenvalue weighted by Crippen LogP contribution is -2.50. The van der Waals surface area contributed by atoms with Crippen molar-refractivity contribution in [2.75, 3.05) is 44.6 Å². The van der Waals surface area contributed by atoms with Gasteiger partial charge in [-0.1, -0.05) is 0 Å². The van der Waals surface area contributed by atoms with E-state index >= 15 is 0 Å². The van der Waals surface area contributed by atoms with Gasteiger partial charge >= 0.3 is 0 Å². The maximum absolute atomic E-state index is 13.1. The van der Waals surface area contributed by atoms with Crippen molar-refractivity contribution in [3.63, 3.8) is 0 Å². The van der Waals surface area contributed by atoms with Crippen LogP contribution < -0.4 is 10.1 Å². The number of carbonyl (C=O) groups excluding carboxylic acids is 2. The van der Waals surface area contributed by atoms with Gasteiger partial charge < -0.3 is 19.4 Å². The molecule has 7 nitrogen and oxygen atoms in total. The van der Waals surface area contributed by atoms with E-state index in [0.717, 1.165) is 16.7 Å². The summed E-state index contributed by atoms with van der Waals surface area (Å²) in [6.07, 6.45) is 0. The van der Waals surface area contributed by atoms with E-state index in [1.54, 1.807) is 4.90 Å². The van der Waals surface area contributed by atoms with Crippen molar-refractivity contribution in [3.8, 4) is 5.75 Å². The number of fused-ring (bicyclic) bond motifs is 1. The molecule has 2 heterocycles. The van der Waals surface area contributed by atoms with Crippen LogP contribution >= 0.6 is 0 Å². The number of hydrogen-bond donors (Lipinski definition) is 1. The van der Waals surface area contributed by atoms with E-state index in [2.05, 4.69) is 5.32 Å². The number of aryl methyl sites for hydroxylation is 1. The van der Waals surface area contributed by atoms with Gasteiger partial charge in [-0.3, -0.25) is 14.5 Å². The van der Waals surface area contributed by atoms with Crippen LogP contribution in [0.4, 0.5) is 10.1 Å². The zero-order valence-electron chi connectivity index (χ0n) is 18.2. The van der Waals surface area contributed by atoms with Crippen LogP contribution in [0.1, 0.15) is 23.0 Å². The molecule has 1 fully saturated rings. The number of piperazine rings is 1. The number of rotatable bonds is 6. The Kier molecular flexibility index (Phi) is 6.41. The summed E-state index contributed by atoms with van der Waals surface area (Å²) >= 11 is 0. The molecule has 0 atom stereocenters. The first kappa shape index (κ1) is 21.8. The standard InChI is InChI=1S/C24H26FN3O4/c1-3-31-19-8-9-21-20(14-19)16(2)23(32-21)24(30)28-12-10-27(11-13-28)15-22(29)26-18-6-4-17(25)5-7-18/h4-9,14H,3,10-13,15H2,1-2H3,(H,26,29). The second-order valence-electron chi connectivity index (χ2n) is 7.77. The molecule has 4 rings (SSSR count). The van der Waals surface area contributed by atoms with E-state index in [1.165, 1.54) is 24.3 Å². The number of amides is 2. The Morgan fingerprint density at radius 1 is 1.09 bits per heavy atom. The molecule has 1 N–H and O–H groups in total. The number of hydrogen-bond acceptors (Lipinski definition) is 5. The summed E-state index contributed by atoms with van der Waals surface area (Å²) in [6.45, 7) is 6.75. The van der Waals surface area contributed by atoms with Gasteiger partial charge in [-0.25, -0.2) is 4.39 Å². The highest BCUT2D eigenvalue weighted by molar-refractivity contribution is 5.99. The van der Waals surface area contributed by atoms with E-state index in [9.17, 15) is 14.0 Å². The number of halogens is 1.